The highest BCUT2D eigenvalue weighted by Gasteiger charge is 2.31. The van der Waals surface area contributed by atoms with Gasteiger partial charge in [0.15, 0.2) is 0 Å². The lowest BCUT2D eigenvalue weighted by Crippen LogP contribution is -2.21. The lowest BCUT2D eigenvalue weighted by Gasteiger charge is -2.16. The predicted molar refractivity (Wildman–Crippen MR) is 117 cm³/mol. The van der Waals surface area contributed by atoms with E-state index in [2.05, 4.69) is 25.3 Å². The zero-order chi connectivity index (χ0) is 24.0. The van der Waals surface area contributed by atoms with Gasteiger partial charge in [0.2, 0.25) is 5.95 Å². The summed E-state index contributed by atoms with van der Waals surface area (Å²) in [5.74, 6) is 1.24. The molecule has 176 valence electrons. The van der Waals surface area contributed by atoms with Crippen LogP contribution >= 0.6 is 0 Å². The fourth-order valence-corrected chi connectivity index (χ4v) is 2.88. The van der Waals surface area contributed by atoms with Gasteiger partial charge in [-0.25, -0.2) is 4.98 Å². The number of alkyl halides is 3. The van der Waals surface area contributed by atoms with Gasteiger partial charge in [0.1, 0.15) is 23.1 Å². The van der Waals surface area contributed by atoms with E-state index >= 15 is 0 Å². The van der Waals surface area contributed by atoms with Gasteiger partial charge in [-0.3, -0.25) is 0 Å². The average molecular weight is 464 g/mol. The molecular weight excluding hydrogens is 441 g/mol. The molecule has 3 rings (SSSR count). The minimum atomic E-state index is -4.81. The lowest BCUT2D eigenvalue weighted by molar-refractivity contribution is -0.274. The lowest BCUT2D eigenvalue weighted by atomic mass is 10.1. The minimum Gasteiger partial charge on any atom is -0.497 e. The topological polar surface area (TPSA) is 97.8 Å². The summed E-state index contributed by atoms with van der Waals surface area (Å²) < 4.78 is 52.5. The van der Waals surface area contributed by atoms with E-state index in [1.165, 1.54) is 32.4 Å². The largest absolute Gasteiger partial charge is 0.573 e. The Hall–Kier alpha value is -3.73. The van der Waals surface area contributed by atoms with Gasteiger partial charge in [-0.1, -0.05) is 12.1 Å². The molecule has 11 heteroatoms. The molecule has 0 unspecified atom stereocenters. The molecule has 1 atom stereocenters. The number of aliphatic hydroxyl groups is 1. The van der Waals surface area contributed by atoms with Crippen LogP contribution in [0.5, 0.6) is 17.2 Å². The number of anilines is 3. The van der Waals surface area contributed by atoms with Crippen molar-refractivity contribution in [2.75, 3.05) is 31.5 Å². The molecule has 0 aliphatic heterocycles. The monoisotopic (exact) mass is 464 g/mol. The normalized spacial score (nSPS) is 12.1. The third kappa shape index (κ3) is 6.62. The quantitative estimate of drug-likeness (QED) is 0.423. The number of nitrogens with zero attached hydrogens (tertiary/aromatic N) is 2. The van der Waals surface area contributed by atoms with Crippen molar-refractivity contribution < 1.29 is 32.5 Å². The molecule has 0 aliphatic rings. The summed E-state index contributed by atoms with van der Waals surface area (Å²) in [6, 6.07) is 11.8. The molecule has 0 radical (unpaired) electrons. The molecular formula is C22H23F3N4O4. The molecule has 3 aromatic rings. The van der Waals surface area contributed by atoms with Crippen molar-refractivity contribution in [3.8, 4) is 28.5 Å². The number of benzene rings is 2. The molecule has 2 aromatic carbocycles. The van der Waals surface area contributed by atoms with Crippen LogP contribution in [0, 0.1) is 0 Å². The van der Waals surface area contributed by atoms with Gasteiger partial charge in [-0.05, 0) is 31.2 Å². The van der Waals surface area contributed by atoms with Gasteiger partial charge in [0.05, 0.1) is 32.2 Å². The second-order valence-electron chi connectivity index (χ2n) is 6.96. The highest BCUT2D eigenvalue weighted by atomic mass is 19.4. The van der Waals surface area contributed by atoms with E-state index in [1.54, 1.807) is 37.3 Å². The number of ether oxygens (including phenoxy) is 3. The number of nitrogens with one attached hydrogen (secondary N) is 2. The first kappa shape index (κ1) is 23.9. The Morgan fingerprint density at radius 3 is 2.45 bits per heavy atom. The fraction of sp³-hybridized carbons (Fsp3) is 0.273. The standard InChI is InChI=1S/C22H23F3N4O4/c1-13(12-30)26-21-28-18(14-5-4-6-16(9-14)33-22(23,24)25)11-20(29-21)27-17-8-7-15(31-2)10-19(17)32-3/h4-11,13,30H,12H2,1-3H3,(H2,26,27,28,29)/t13-/m1/s1. The number of aromatic nitrogens is 2. The molecule has 0 spiro atoms. The third-order valence-corrected chi connectivity index (χ3v) is 4.41. The molecule has 1 heterocycles. The number of hydrogen-bond donors (Lipinski definition) is 3. The number of hydrogen-bond acceptors (Lipinski definition) is 8. The molecule has 8 nitrogen and oxygen atoms in total. The van der Waals surface area contributed by atoms with E-state index in [1.807, 2.05) is 0 Å². The van der Waals surface area contributed by atoms with Crippen molar-refractivity contribution >= 4 is 17.5 Å². The van der Waals surface area contributed by atoms with E-state index in [4.69, 9.17) is 9.47 Å². The van der Waals surface area contributed by atoms with Gasteiger partial charge >= 0.3 is 6.36 Å². The second kappa shape index (κ2) is 10.3. The summed E-state index contributed by atoms with van der Waals surface area (Å²) in [7, 11) is 3.04. The average Bonchev–Trinajstić information content (AvgIpc) is 2.78. The maximum Gasteiger partial charge on any atom is 0.573 e. The maximum absolute atomic E-state index is 12.6. The molecule has 33 heavy (non-hydrogen) atoms. The first-order valence-corrected chi connectivity index (χ1v) is 9.82. The Balaban J connectivity index is 2.01. The zero-order valence-corrected chi connectivity index (χ0v) is 18.1. The van der Waals surface area contributed by atoms with Crippen LogP contribution in [0.3, 0.4) is 0 Å². The van der Waals surface area contributed by atoms with Gasteiger partial charge in [-0.15, -0.1) is 13.2 Å². The van der Waals surface area contributed by atoms with Crippen LogP contribution in [0.4, 0.5) is 30.6 Å². The van der Waals surface area contributed by atoms with Crippen LogP contribution in [0.25, 0.3) is 11.3 Å². The van der Waals surface area contributed by atoms with Crippen molar-refractivity contribution in [1.29, 1.82) is 0 Å². The molecule has 0 amide bonds. The van der Waals surface area contributed by atoms with Crippen LogP contribution < -0.4 is 24.8 Å². The predicted octanol–water partition coefficient (Wildman–Crippen LogP) is 4.60. The number of halogens is 3. The second-order valence-corrected chi connectivity index (χ2v) is 6.96. The van der Waals surface area contributed by atoms with Gasteiger partial charge in [0, 0.05) is 23.7 Å². The number of rotatable bonds is 9. The Labute approximate surface area is 188 Å². The van der Waals surface area contributed by atoms with Crippen LogP contribution in [0.15, 0.2) is 48.5 Å². The summed E-state index contributed by atoms with van der Waals surface area (Å²) in [5.41, 5.74) is 1.29. The zero-order valence-electron chi connectivity index (χ0n) is 18.1. The Kier molecular flexibility index (Phi) is 7.44. The summed E-state index contributed by atoms with van der Waals surface area (Å²) in [6.07, 6.45) is -4.81. The Bertz CT molecular complexity index is 1100. The van der Waals surface area contributed by atoms with Crippen LogP contribution in [-0.4, -0.2) is 48.3 Å². The van der Waals surface area contributed by atoms with E-state index in [0.29, 0.717) is 34.3 Å². The van der Waals surface area contributed by atoms with Crippen LogP contribution in [0.2, 0.25) is 0 Å². The van der Waals surface area contributed by atoms with Crippen LogP contribution in [-0.2, 0) is 0 Å². The third-order valence-electron chi connectivity index (χ3n) is 4.41. The minimum absolute atomic E-state index is 0.169. The first-order valence-electron chi connectivity index (χ1n) is 9.82. The van der Waals surface area contributed by atoms with Gasteiger partial charge < -0.3 is 30.0 Å². The van der Waals surface area contributed by atoms with Crippen LogP contribution in [0.1, 0.15) is 6.92 Å². The molecule has 1 aromatic heterocycles. The van der Waals surface area contributed by atoms with Gasteiger partial charge in [0.25, 0.3) is 0 Å². The smallest absolute Gasteiger partial charge is 0.497 e. The van der Waals surface area contributed by atoms with Crippen molar-refractivity contribution in [2.24, 2.45) is 0 Å². The summed E-state index contributed by atoms with van der Waals surface area (Å²) in [6.45, 7) is 1.56. The molecule has 0 fully saturated rings. The summed E-state index contributed by atoms with van der Waals surface area (Å²) in [4.78, 5) is 8.78. The van der Waals surface area contributed by atoms with E-state index in [-0.39, 0.29) is 24.3 Å². The summed E-state index contributed by atoms with van der Waals surface area (Å²) >= 11 is 0. The Morgan fingerprint density at radius 2 is 1.79 bits per heavy atom. The van der Waals surface area contributed by atoms with Gasteiger partial charge in [-0.2, -0.15) is 4.98 Å². The molecule has 0 bridgehead atoms. The highest BCUT2D eigenvalue weighted by Crippen LogP contribution is 2.33. The SMILES string of the molecule is COc1ccc(Nc2cc(-c3cccc(OC(F)(F)F)c3)nc(N[C@H](C)CO)n2)c(OC)c1. The van der Waals surface area contributed by atoms with E-state index in [9.17, 15) is 18.3 Å². The fourth-order valence-electron chi connectivity index (χ4n) is 2.88. The van der Waals surface area contributed by atoms with E-state index in [0.717, 1.165) is 0 Å². The van der Waals surface area contributed by atoms with Crippen molar-refractivity contribution in [3.63, 3.8) is 0 Å². The first-order chi connectivity index (χ1) is 15.7. The van der Waals surface area contributed by atoms with Crippen molar-refractivity contribution in [2.45, 2.75) is 19.3 Å². The van der Waals surface area contributed by atoms with Crippen molar-refractivity contribution in [1.82, 2.24) is 9.97 Å². The molecule has 0 aliphatic carbocycles. The molecule has 3 N–H and O–H groups in total. The molecule has 0 saturated carbocycles. The number of methoxy groups -OCH3 is 2. The number of aliphatic hydroxyl groups excluding tert-OH is 1. The highest BCUT2D eigenvalue weighted by molar-refractivity contribution is 5.71. The van der Waals surface area contributed by atoms with E-state index < -0.39 is 6.36 Å². The molecule has 0 saturated heterocycles. The Morgan fingerprint density at radius 1 is 1.00 bits per heavy atom. The summed E-state index contributed by atoms with van der Waals surface area (Å²) in [5, 5.41) is 15.4. The maximum atomic E-state index is 12.6. The van der Waals surface area contributed by atoms with Crippen molar-refractivity contribution in [3.05, 3.63) is 48.5 Å².